The summed E-state index contributed by atoms with van der Waals surface area (Å²) in [6.07, 6.45) is 2.24. The number of halogens is 1. The second-order valence-corrected chi connectivity index (χ2v) is 4.73. The van der Waals surface area contributed by atoms with Crippen LogP contribution in [0.2, 0.25) is 5.02 Å². The number of aliphatic carboxylic acids is 1. The lowest BCUT2D eigenvalue weighted by molar-refractivity contribution is -0.136. The van der Waals surface area contributed by atoms with Crippen LogP contribution >= 0.6 is 11.6 Å². The third-order valence-corrected chi connectivity index (χ3v) is 3.36. The summed E-state index contributed by atoms with van der Waals surface area (Å²) >= 11 is 6.31. The highest BCUT2D eigenvalue weighted by Crippen LogP contribution is 2.22. The monoisotopic (exact) mass is 297 g/mol. The van der Waals surface area contributed by atoms with Gasteiger partial charge in [0.25, 0.3) is 0 Å². The second-order valence-electron chi connectivity index (χ2n) is 4.35. The number of hydrogen-bond acceptors (Lipinski definition) is 4. The van der Waals surface area contributed by atoms with E-state index < -0.39 is 5.97 Å². The lowest BCUT2D eigenvalue weighted by Gasteiger charge is -2.04. The fourth-order valence-corrected chi connectivity index (χ4v) is 2.30. The Labute approximate surface area is 121 Å². The number of hydrogen-bond donors (Lipinski definition) is 1. The van der Waals surface area contributed by atoms with E-state index in [4.69, 9.17) is 16.7 Å². The second kappa shape index (κ2) is 6.04. The maximum absolute atomic E-state index is 10.6. The molecule has 0 bridgehead atoms. The van der Waals surface area contributed by atoms with Crippen LogP contribution in [0.25, 0.3) is 0 Å². The molecule has 0 unspecified atom stereocenters. The highest BCUT2D eigenvalue weighted by atomic mass is 35.5. The number of rotatable bonds is 6. The van der Waals surface area contributed by atoms with Crippen LogP contribution in [-0.2, 0) is 30.7 Å². The van der Waals surface area contributed by atoms with E-state index in [0.717, 1.165) is 17.8 Å². The minimum absolute atomic E-state index is 0.138. The summed E-state index contributed by atoms with van der Waals surface area (Å²) in [5.41, 5.74) is 2.14. The van der Waals surface area contributed by atoms with Crippen molar-refractivity contribution in [3.63, 3.8) is 0 Å². The van der Waals surface area contributed by atoms with Gasteiger partial charge >= 0.3 is 5.97 Å². The molecule has 7 nitrogen and oxygen atoms in total. The highest BCUT2D eigenvalue weighted by Gasteiger charge is 2.15. The van der Waals surface area contributed by atoms with Gasteiger partial charge in [0.2, 0.25) is 0 Å². The Bertz CT molecular complexity index is 619. The van der Waals surface area contributed by atoms with E-state index >= 15 is 0 Å². The van der Waals surface area contributed by atoms with E-state index in [9.17, 15) is 4.79 Å². The molecule has 0 atom stereocenters. The van der Waals surface area contributed by atoms with Crippen LogP contribution in [0.4, 0.5) is 0 Å². The molecular weight excluding hydrogens is 282 g/mol. The predicted octanol–water partition coefficient (Wildman–Crippen LogP) is 1.39. The van der Waals surface area contributed by atoms with E-state index in [1.165, 1.54) is 0 Å². The quantitative estimate of drug-likeness (QED) is 0.870. The van der Waals surface area contributed by atoms with Crippen molar-refractivity contribution < 1.29 is 9.90 Å². The van der Waals surface area contributed by atoms with Crippen molar-refractivity contribution in [1.82, 2.24) is 24.8 Å². The Hall–Kier alpha value is -1.89. The van der Waals surface area contributed by atoms with Gasteiger partial charge in [0.1, 0.15) is 0 Å². The minimum Gasteiger partial charge on any atom is -0.481 e. The average molecular weight is 298 g/mol. The van der Waals surface area contributed by atoms with Crippen molar-refractivity contribution in [2.45, 2.75) is 39.8 Å². The first kappa shape index (κ1) is 14.5. The minimum atomic E-state index is -0.929. The molecule has 1 N–H and O–H groups in total. The molecule has 0 aliphatic heterocycles. The zero-order valence-corrected chi connectivity index (χ0v) is 12.1. The molecule has 8 heteroatoms. The molecule has 0 aliphatic carbocycles. The molecule has 20 heavy (non-hydrogen) atoms. The molecule has 0 amide bonds. The largest absolute Gasteiger partial charge is 0.481 e. The standard InChI is InChI=1S/C12H16ClN5O2/c1-3-9-12(13)10(18(4-2)15-9)7-17-6-8(14-16-17)5-11(19)20/h6H,3-5,7H2,1-2H3,(H,19,20). The molecule has 0 spiro atoms. The maximum Gasteiger partial charge on any atom is 0.309 e. The summed E-state index contributed by atoms with van der Waals surface area (Å²) < 4.78 is 3.41. The Morgan fingerprint density at radius 1 is 1.45 bits per heavy atom. The van der Waals surface area contributed by atoms with E-state index in [0.29, 0.717) is 23.8 Å². The number of carboxylic acid groups (broad SMARTS) is 1. The normalized spacial score (nSPS) is 10.9. The molecule has 0 saturated carbocycles. The molecule has 2 aromatic rings. The van der Waals surface area contributed by atoms with Crippen molar-refractivity contribution in [2.24, 2.45) is 0 Å². The van der Waals surface area contributed by atoms with Crippen molar-refractivity contribution in [3.05, 3.63) is 28.3 Å². The fraction of sp³-hybridized carbons (Fsp3) is 0.500. The molecule has 0 fully saturated rings. The zero-order chi connectivity index (χ0) is 14.7. The van der Waals surface area contributed by atoms with Crippen LogP contribution in [0.1, 0.15) is 30.9 Å². The Morgan fingerprint density at radius 2 is 2.20 bits per heavy atom. The Balaban J connectivity index is 2.23. The third kappa shape index (κ3) is 2.98. The summed E-state index contributed by atoms with van der Waals surface area (Å²) in [6, 6.07) is 0. The summed E-state index contributed by atoms with van der Waals surface area (Å²) in [5, 5.41) is 21.5. The lowest BCUT2D eigenvalue weighted by atomic mass is 10.3. The van der Waals surface area contributed by atoms with E-state index in [-0.39, 0.29) is 6.42 Å². The van der Waals surface area contributed by atoms with Gasteiger partial charge in [0.15, 0.2) is 0 Å². The number of aromatic nitrogens is 5. The van der Waals surface area contributed by atoms with Gasteiger partial charge < -0.3 is 5.11 Å². The first-order chi connectivity index (χ1) is 9.55. The van der Waals surface area contributed by atoms with Crippen molar-refractivity contribution in [1.29, 1.82) is 0 Å². The highest BCUT2D eigenvalue weighted by molar-refractivity contribution is 6.31. The van der Waals surface area contributed by atoms with Gasteiger partial charge in [-0.05, 0) is 13.3 Å². The van der Waals surface area contributed by atoms with E-state index in [1.807, 2.05) is 18.5 Å². The van der Waals surface area contributed by atoms with Gasteiger partial charge in [0, 0.05) is 12.7 Å². The van der Waals surface area contributed by atoms with Gasteiger partial charge in [-0.1, -0.05) is 23.7 Å². The summed E-state index contributed by atoms with van der Waals surface area (Å²) in [7, 11) is 0. The molecule has 2 aromatic heterocycles. The summed E-state index contributed by atoms with van der Waals surface area (Å²) in [6.45, 7) is 5.12. The van der Waals surface area contributed by atoms with Crippen LogP contribution in [0.5, 0.6) is 0 Å². The number of carboxylic acids is 1. The third-order valence-electron chi connectivity index (χ3n) is 2.92. The first-order valence-corrected chi connectivity index (χ1v) is 6.77. The van der Waals surface area contributed by atoms with Crippen molar-refractivity contribution >= 4 is 17.6 Å². The number of carbonyl (C=O) groups is 1. The van der Waals surface area contributed by atoms with Crippen molar-refractivity contribution in [2.75, 3.05) is 0 Å². The summed E-state index contributed by atoms with van der Waals surface area (Å²) in [4.78, 5) is 10.6. The van der Waals surface area contributed by atoms with Crippen LogP contribution in [-0.4, -0.2) is 35.9 Å². The van der Waals surface area contributed by atoms with Gasteiger partial charge in [-0.3, -0.25) is 9.48 Å². The van der Waals surface area contributed by atoms with Crippen molar-refractivity contribution in [3.8, 4) is 0 Å². The van der Waals surface area contributed by atoms with Gasteiger partial charge in [-0.2, -0.15) is 5.10 Å². The SMILES string of the molecule is CCc1nn(CC)c(Cn2cc(CC(=O)O)nn2)c1Cl. The molecule has 0 aromatic carbocycles. The lowest BCUT2D eigenvalue weighted by Crippen LogP contribution is -2.09. The van der Waals surface area contributed by atoms with Crippen LogP contribution < -0.4 is 0 Å². The van der Waals surface area contributed by atoms with Crippen LogP contribution in [0.15, 0.2) is 6.20 Å². The van der Waals surface area contributed by atoms with E-state index in [1.54, 1.807) is 10.9 Å². The Morgan fingerprint density at radius 3 is 2.80 bits per heavy atom. The molecule has 108 valence electrons. The topological polar surface area (TPSA) is 85.8 Å². The molecule has 0 radical (unpaired) electrons. The summed E-state index contributed by atoms with van der Waals surface area (Å²) in [5.74, 6) is -0.929. The first-order valence-electron chi connectivity index (χ1n) is 6.40. The smallest absolute Gasteiger partial charge is 0.309 e. The van der Waals surface area contributed by atoms with Gasteiger partial charge in [-0.15, -0.1) is 5.10 Å². The molecular formula is C12H16ClN5O2. The maximum atomic E-state index is 10.6. The molecule has 2 heterocycles. The van der Waals surface area contributed by atoms with Crippen LogP contribution in [0.3, 0.4) is 0 Å². The predicted molar refractivity (Wildman–Crippen MR) is 72.8 cm³/mol. The molecule has 0 saturated heterocycles. The van der Waals surface area contributed by atoms with E-state index in [2.05, 4.69) is 15.4 Å². The zero-order valence-electron chi connectivity index (χ0n) is 11.4. The molecule has 2 rings (SSSR count). The van der Waals surface area contributed by atoms with Gasteiger partial charge in [0.05, 0.1) is 35.1 Å². The number of aryl methyl sites for hydroxylation is 2. The fourth-order valence-electron chi connectivity index (χ4n) is 1.97. The van der Waals surface area contributed by atoms with Gasteiger partial charge in [-0.25, -0.2) is 4.68 Å². The Kier molecular flexibility index (Phi) is 4.39. The number of nitrogens with zero attached hydrogens (tertiary/aromatic N) is 5. The average Bonchev–Trinajstić information content (AvgIpc) is 2.95. The molecule has 0 aliphatic rings. The van der Waals surface area contributed by atoms with Crippen LogP contribution in [0, 0.1) is 0 Å².